The predicted octanol–water partition coefficient (Wildman–Crippen LogP) is 8.50. The van der Waals surface area contributed by atoms with E-state index in [0.29, 0.717) is 11.7 Å². The molecule has 0 heterocycles. The van der Waals surface area contributed by atoms with Gasteiger partial charge in [-0.25, -0.2) is 0 Å². The van der Waals surface area contributed by atoms with Crippen LogP contribution >= 0.6 is 31.9 Å². The second-order valence-electron chi connectivity index (χ2n) is 7.46. The van der Waals surface area contributed by atoms with Crippen LogP contribution < -0.4 is 14.3 Å². The van der Waals surface area contributed by atoms with Crippen LogP contribution in [0.5, 0.6) is 23.0 Å². The SMILES string of the molecule is CCc1cccc(ON=Cc2cc(Br)c(Oc3ccc(OC)c(C(C)CC)c3)c(Br)c2)c1. The molecule has 6 heteroatoms. The molecule has 1 unspecified atom stereocenters. The van der Waals surface area contributed by atoms with E-state index in [1.807, 2.05) is 48.5 Å². The van der Waals surface area contributed by atoms with Gasteiger partial charge in [-0.05, 0) is 104 Å². The van der Waals surface area contributed by atoms with E-state index >= 15 is 0 Å². The molecule has 0 saturated carbocycles. The molecule has 0 bridgehead atoms. The topological polar surface area (TPSA) is 40.0 Å². The first-order valence-corrected chi connectivity index (χ1v) is 12.2. The van der Waals surface area contributed by atoms with Crippen molar-refractivity contribution in [1.29, 1.82) is 0 Å². The van der Waals surface area contributed by atoms with Crippen LogP contribution in [-0.2, 0) is 6.42 Å². The van der Waals surface area contributed by atoms with Crippen molar-refractivity contribution >= 4 is 38.1 Å². The van der Waals surface area contributed by atoms with Gasteiger partial charge in [-0.3, -0.25) is 0 Å². The third kappa shape index (κ3) is 6.14. The maximum absolute atomic E-state index is 6.20. The Bertz CT molecular complexity index is 1080. The first-order valence-electron chi connectivity index (χ1n) is 10.6. The lowest BCUT2D eigenvalue weighted by atomic mass is 9.97. The summed E-state index contributed by atoms with van der Waals surface area (Å²) in [5.41, 5.74) is 3.21. The summed E-state index contributed by atoms with van der Waals surface area (Å²) in [6.07, 6.45) is 3.65. The first-order chi connectivity index (χ1) is 15.4. The molecule has 4 nitrogen and oxygen atoms in total. The molecular weight excluding hydrogens is 534 g/mol. The zero-order valence-electron chi connectivity index (χ0n) is 18.7. The van der Waals surface area contributed by atoms with Crippen LogP contribution in [0, 0.1) is 0 Å². The molecule has 168 valence electrons. The average molecular weight is 561 g/mol. The number of methoxy groups -OCH3 is 1. The van der Waals surface area contributed by atoms with E-state index in [0.717, 1.165) is 50.2 Å². The number of oxime groups is 1. The highest BCUT2D eigenvalue weighted by Gasteiger charge is 2.14. The minimum Gasteiger partial charge on any atom is -0.496 e. The molecule has 0 N–H and O–H groups in total. The van der Waals surface area contributed by atoms with Crippen LogP contribution in [0.15, 0.2) is 68.7 Å². The molecule has 32 heavy (non-hydrogen) atoms. The highest BCUT2D eigenvalue weighted by atomic mass is 79.9. The number of rotatable bonds is 9. The van der Waals surface area contributed by atoms with E-state index < -0.39 is 0 Å². The Balaban J connectivity index is 1.77. The quantitative estimate of drug-likeness (QED) is 0.194. The number of hydrogen-bond acceptors (Lipinski definition) is 4. The molecule has 0 amide bonds. The summed E-state index contributed by atoms with van der Waals surface area (Å²) < 4.78 is 13.3. The van der Waals surface area contributed by atoms with Crippen LogP contribution in [0.25, 0.3) is 0 Å². The van der Waals surface area contributed by atoms with Crippen LogP contribution in [0.3, 0.4) is 0 Å². The third-order valence-electron chi connectivity index (χ3n) is 5.25. The molecule has 0 radical (unpaired) electrons. The fourth-order valence-corrected chi connectivity index (χ4v) is 4.60. The number of aryl methyl sites for hydroxylation is 1. The Labute approximate surface area is 206 Å². The van der Waals surface area contributed by atoms with Gasteiger partial charge in [-0.1, -0.05) is 38.1 Å². The Hall–Kier alpha value is -2.31. The van der Waals surface area contributed by atoms with Crippen molar-refractivity contribution in [1.82, 2.24) is 0 Å². The van der Waals surface area contributed by atoms with Crippen molar-refractivity contribution in [3.8, 4) is 23.0 Å². The third-order valence-corrected chi connectivity index (χ3v) is 6.43. The highest BCUT2D eigenvalue weighted by Crippen LogP contribution is 2.40. The number of benzene rings is 3. The fourth-order valence-electron chi connectivity index (χ4n) is 3.22. The lowest BCUT2D eigenvalue weighted by molar-refractivity contribution is 0.343. The minimum absolute atomic E-state index is 0.372. The Morgan fingerprint density at radius 2 is 1.72 bits per heavy atom. The van der Waals surface area contributed by atoms with Crippen molar-refractivity contribution < 1.29 is 14.3 Å². The number of nitrogens with zero attached hydrogens (tertiary/aromatic N) is 1. The molecule has 0 saturated heterocycles. The molecule has 0 fully saturated rings. The summed E-state index contributed by atoms with van der Waals surface area (Å²) in [7, 11) is 1.69. The Kier molecular flexibility index (Phi) is 8.76. The zero-order valence-corrected chi connectivity index (χ0v) is 21.9. The van der Waals surface area contributed by atoms with Gasteiger partial charge in [-0.2, -0.15) is 0 Å². The summed E-state index contributed by atoms with van der Waals surface area (Å²) >= 11 is 7.24. The van der Waals surface area contributed by atoms with E-state index in [2.05, 4.69) is 63.9 Å². The van der Waals surface area contributed by atoms with Gasteiger partial charge >= 0.3 is 0 Å². The summed E-state index contributed by atoms with van der Waals surface area (Å²) in [5, 5.41) is 4.12. The van der Waals surface area contributed by atoms with Gasteiger partial charge in [0.25, 0.3) is 0 Å². The molecule has 0 aliphatic carbocycles. The molecule has 1 atom stereocenters. The number of ether oxygens (including phenoxy) is 2. The summed E-state index contributed by atoms with van der Waals surface area (Å²) in [6.45, 7) is 6.45. The predicted molar refractivity (Wildman–Crippen MR) is 138 cm³/mol. The van der Waals surface area contributed by atoms with Gasteiger partial charge in [0.1, 0.15) is 11.5 Å². The van der Waals surface area contributed by atoms with Crippen LogP contribution in [0.1, 0.15) is 49.8 Å². The summed E-state index contributed by atoms with van der Waals surface area (Å²) in [4.78, 5) is 5.52. The largest absolute Gasteiger partial charge is 0.496 e. The molecule has 3 rings (SSSR count). The van der Waals surface area contributed by atoms with E-state index in [1.54, 1.807) is 13.3 Å². The normalized spacial score (nSPS) is 12.1. The van der Waals surface area contributed by atoms with Gasteiger partial charge in [0.05, 0.1) is 22.3 Å². The summed E-state index contributed by atoms with van der Waals surface area (Å²) in [6, 6.07) is 17.7. The molecular formula is C26H27Br2NO3. The van der Waals surface area contributed by atoms with Gasteiger partial charge < -0.3 is 14.3 Å². The van der Waals surface area contributed by atoms with E-state index in [9.17, 15) is 0 Å². The summed E-state index contributed by atoms with van der Waals surface area (Å²) in [5.74, 6) is 3.41. The zero-order chi connectivity index (χ0) is 23.1. The van der Waals surface area contributed by atoms with Gasteiger partial charge in [0.15, 0.2) is 11.5 Å². The average Bonchev–Trinajstić information content (AvgIpc) is 2.81. The smallest absolute Gasteiger partial charge is 0.158 e. The molecule has 3 aromatic rings. The van der Waals surface area contributed by atoms with Crippen molar-refractivity contribution in [2.75, 3.05) is 7.11 Å². The molecule has 0 aliphatic rings. The van der Waals surface area contributed by atoms with Crippen LogP contribution in [0.4, 0.5) is 0 Å². The second-order valence-corrected chi connectivity index (χ2v) is 9.16. The van der Waals surface area contributed by atoms with Crippen molar-refractivity contribution in [2.45, 2.75) is 39.5 Å². The maximum atomic E-state index is 6.20. The molecule has 3 aromatic carbocycles. The lowest BCUT2D eigenvalue weighted by Gasteiger charge is -2.17. The van der Waals surface area contributed by atoms with Crippen molar-refractivity contribution in [2.24, 2.45) is 5.16 Å². The second kappa shape index (κ2) is 11.5. The number of halogens is 2. The van der Waals surface area contributed by atoms with Gasteiger partial charge in [0.2, 0.25) is 0 Å². The first kappa shape index (κ1) is 24.3. The fraction of sp³-hybridized carbons (Fsp3) is 0.269. The van der Waals surface area contributed by atoms with E-state index in [4.69, 9.17) is 14.3 Å². The lowest BCUT2D eigenvalue weighted by Crippen LogP contribution is -1.98. The van der Waals surface area contributed by atoms with Crippen LogP contribution in [0.2, 0.25) is 0 Å². The Morgan fingerprint density at radius 3 is 2.38 bits per heavy atom. The van der Waals surface area contributed by atoms with Gasteiger partial charge in [0, 0.05) is 5.56 Å². The maximum Gasteiger partial charge on any atom is 0.158 e. The Morgan fingerprint density at radius 1 is 0.969 bits per heavy atom. The van der Waals surface area contributed by atoms with E-state index in [-0.39, 0.29) is 0 Å². The monoisotopic (exact) mass is 559 g/mol. The highest BCUT2D eigenvalue weighted by molar-refractivity contribution is 9.11. The van der Waals surface area contributed by atoms with Crippen LogP contribution in [-0.4, -0.2) is 13.3 Å². The molecule has 0 spiro atoms. The standard InChI is InChI=1S/C26H27Br2NO3/c1-5-17(3)22-15-20(10-11-25(22)30-4)31-26-23(27)13-19(14-24(26)28)16-29-32-21-9-7-8-18(6-2)12-21/h7-17H,5-6H2,1-4H3. The van der Waals surface area contributed by atoms with Crippen molar-refractivity contribution in [3.05, 3.63) is 80.2 Å². The van der Waals surface area contributed by atoms with Crippen molar-refractivity contribution in [3.63, 3.8) is 0 Å². The molecule has 0 aliphatic heterocycles. The van der Waals surface area contributed by atoms with Gasteiger partial charge in [-0.15, -0.1) is 0 Å². The minimum atomic E-state index is 0.372. The number of hydrogen-bond donors (Lipinski definition) is 0. The molecule has 0 aromatic heterocycles. The van der Waals surface area contributed by atoms with E-state index in [1.165, 1.54) is 5.56 Å².